The van der Waals surface area contributed by atoms with Gasteiger partial charge in [0.25, 0.3) is 0 Å². The lowest BCUT2D eigenvalue weighted by Crippen LogP contribution is -2.39. The number of hydrogen-bond acceptors (Lipinski definition) is 6. The lowest BCUT2D eigenvalue weighted by molar-refractivity contribution is -0.148. The van der Waals surface area contributed by atoms with Gasteiger partial charge in [0.2, 0.25) is 11.8 Å². The molecule has 7 heteroatoms. The summed E-state index contributed by atoms with van der Waals surface area (Å²) in [5, 5.41) is 2.70. The van der Waals surface area contributed by atoms with Crippen molar-refractivity contribution in [2.24, 2.45) is 0 Å². The Bertz CT molecular complexity index is 651. The predicted molar refractivity (Wildman–Crippen MR) is 71.2 cm³/mol. The summed E-state index contributed by atoms with van der Waals surface area (Å²) < 4.78 is 0. The molecular formula is C12H12N4O2S. The average Bonchev–Trinajstić information content (AvgIpc) is 2.83. The van der Waals surface area contributed by atoms with Crippen LogP contribution >= 0.6 is 11.3 Å². The second-order valence-corrected chi connectivity index (χ2v) is 5.29. The molecule has 0 atom stereocenters. The van der Waals surface area contributed by atoms with Crippen molar-refractivity contribution in [3.63, 3.8) is 0 Å². The van der Waals surface area contributed by atoms with Gasteiger partial charge in [-0.3, -0.25) is 14.5 Å². The number of carbonyl (C=O) groups is 2. The molecule has 2 N–H and O–H groups in total. The molecule has 1 aliphatic heterocycles. The Labute approximate surface area is 113 Å². The van der Waals surface area contributed by atoms with Crippen molar-refractivity contribution >= 4 is 39.2 Å². The van der Waals surface area contributed by atoms with Crippen LogP contribution in [0.25, 0.3) is 10.2 Å². The molecule has 3 heterocycles. The third kappa shape index (κ3) is 2.17. The van der Waals surface area contributed by atoms with Gasteiger partial charge in [0.05, 0.1) is 11.9 Å². The molecule has 1 saturated heterocycles. The number of amides is 2. The van der Waals surface area contributed by atoms with E-state index in [-0.39, 0.29) is 18.4 Å². The molecule has 1 fully saturated rings. The zero-order chi connectivity index (χ0) is 13.4. The van der Waals surface area contributed by atoms with Crippen molar-refractivity contribution in [2.75, 3.05) is 5.73 Å². The first-order valence-electron chi connectivity index (χ1n) is 5.98. The van der Waals surface area contributed by atoms with Crippen LogP contribution in [0, 0.1) is 0 Å². The number of fused-ring (bicyclic) bond motifs is 1. The van der Waals surface area contributed by atoms with Crippen LogP contribution < -0.4 is 5.73 Å². The lowest BCUT2D eigenvalue weighted by Gasteiger charge is -2.24. The van der Waals surface area contributed by atoms with Crippen molar-refractivity contribution < 1.29 is 9.59 Å². The Kier molecular flexibility index (Phi) is 2.90. The zero-order valence-corrected chi connectivity index (χ0v) is 10.9. The average molecular weight is 276 g/mol. The van der Waals surface area contributed by atoms with Gasteiger partial charge in [-0.25, -0.2) is 9.97 Å². The number of thiophene rings is 1. The first-order valence-corrected chi connectivity index (χ1v) is 6.86. The molecule has 0 aromatic carbocycles. The molecule has 1 aliphatic rings. The maximum absolute atomic E-state index is 11.7. The van der Waals surface area contributed by atoms with Gasteiger partial charge in [-0.15, -0.1) is 11.3 Å². The highest BCUT2D eigenvalue weighted by molar-refractivity contribution is 7.16. The molecule has 6 nitrogen and oxygen atoms in total. The fraction of sp³-hybridized carbons (Fsp3) is 0.333. The smallest absolute Gasteiger partial charge is 0.229 e. The molecule has 3 rings (SSSR count). The minimum Gasteiger partial charge on any atom is -0.383 e. The Morgan fingerprint density at radius 1 is 1.26 bits per heavy atom. The van der Waals surface area contributed by atoms with Crippen LogP contribution in [-0.2, 0) is 16.1 Å². The maximum Gasteiger partial charge on any atom is 0.229 e. The van der Waals surface area contributed by atoms with E-state index in [1.807, 2.05) is 11.4 Å². The summed E-state index contributed by atoms with van der Waals surface area (Å²) in [6.45, 7) is 0.107. The largest absolute Gasteiger partial charge is 0.383 e. The number of anilines is 1. The molecule has 0 spiro atoms. The van der Waals surface area contributed by atoms with Crippen molar-refractivity contribution in [2.45, 2.75) is 25.8 Å². The highest BCUT2D eigenvalue weighted by Gasteiger charge is 2.26. The first-order chi connectivity index (χ1) is 9.15. The normalized spacial score (nSPS) is 16.3. The monoisotopic (exact) mass is 276 g/mol. The van der Waals surface area contributed by atoms with E-state index in [4.69, 9.17) is 5.73 Å². The molecule has 0 saturated carbocycles. The van der Waals surface area contributed by atoms with Gasteiger partial charge in [-0.2, -0.15) is 0 Å². The number of imide groups is 1. The summed E-state index contributed by atoms with van der Waals surface area (Å²) in [4.78, 5) is 34.0. The molecule has 2 amide bonds. The SMILES string of the molecule is Nc1nc(CN2C(=O)CCCC2=O)nc2sccc12. The molecule has 19 heavy (non-hydrogen) atoms. The molecule has 2 aromatic heterocycles. The number of hydrogen-bond donors (Lipinski definition) is 1. The molecule has 98 valence electrons. The zero-order valence-electron chi connectivity index (χ0n) is 10.1. The van der Waals surface area contributed by atoms with Gasteiger partial charge in [0.15, 0.2) is 5.82 Å². The van der Waals surface area contributed by atoms with E-state index in [9.17, 15) is 9.59 Å². The summed E-state index contributed by atoms with van der Waals surface area (Å²) in [5.41, 5.74) is 5.84. The summed E-state index contributed by atoms with van der Waals surface area (Å²) in [5.74, 6) is 0.476. The van der Waals surface area contributed by atoms with Gasteiger partial charge >= 0.3 is 0 Å². The number of likely N-dealkylation sites (tertiary alicyclic amines) is 1. The number of nitrogen functional groups attached to an aromatic ring is 1. The predicted octanol–water partition coefficient (Wildman–Crippen LogP) is 1.31. The number of nitrogens with two attached hydrogens (primary N) is 1. The molecular weight excluding hydrogens is 264 g/mol. The van der Waals surface area contributed by atoms with E-state index in [0.717, 1.165) is 10.2 Å². The molecule has 2 aromatic rings. The highest BCUT2D eigenvalue weighted by atomic mass is 32.1. The van der Waals surface area contributed by atoms with E-state index in [2.05, 4.69) is 9.97 Å². The van der Waals surface area contributed by atoms with Crippen molar-refractivity contribution in [1.29, 1.82) is 0 Å². The third-order valence-electron chi connectivity index (χ3n) is 3.08. The van der Waals surface area contributed by atoms with E-state index < -0.39 is 0 Å². The number of nitrogens with zero attached hydrogens (tertiary/aromatic N) is 3. The Morgan fingerprint density at radius 2 is 2.00 bits per heavy atom. The van der Waals surface area contributed by atoms with Crippen LogP contribution in [-0.4, -0.2) is 26.7 Å². The van der Waals surface area contributed by atoms with E-state index in [1.165, 1.54) is 16.2 Å². The Morgan fingerprint density at radius 3 is 2.74 bits per heavy atom. The summed E-state index contributed by atoms with van der Waals surface area (Å²) >= 11 is 1.46. The second kappa shape index (κ2) is 4.58. The van der Waals surface area contributed by atoms with Crippen LogP contribution in [0.15, 0.2) is 11.4 Å². The van der Waals surface area contributed by atoms with E-state index >= 15 is 0 Å². The van der Waals surface area contributed by atoms with Crippen LogP contribution in [0.4, 0.5) is 5.82 Å². The fourth-order valence-corrected chi connectivity index (χ4v) is 2.90. The molecule has 0 radical (unpaired) electrons. The van der Waals surface area contributed by atoms with E-state index in [1.54, 1.807) is 0 Å². The van der Waals surface area contributed by atoms with Crippen LogP contribution in [0.1, 0.15) is 25.1 Å². The second-order valence-electron chi connectivity index (χ2n) is 4.39. The number of piperidine rings is 1. The Hall–Kier alpha value is -2.02. The van der Waals surface area contributed by atoms with Crippen LogP contribution in [0.5, 0.6) is 0 Å². The Balaban J connectivity index is 1.92. The fourth-order valence-electron chi connectivity index (χ4n) is 2.11. The summed E-state index contributed by atoms with van der Waals surface area (Å²) in [6, 6.07) is 1.86. The quantitative estimate of drug-likeness (QED) is 0.835. The van der Waals surface area contributed by atoms with Crippen molar-refractivity contribution in [3.05, 3.63) is 17.3 Å². The molecule has 0 bridgehead atoms. The number of rotatable bonds is 2. The van der Waals surface area contributed by atoms with Crippen molar-refractivity contribution in [3.8, 4) is 0 Å². The van der Waals surface area contributed by atoms with Crippen molar-refractivity contribution in [1.82, 2.24) is 14.9 Å². The van der Waals surface area contributed by atoms with Crippen LogP contribution in [0.3, 0.4) is 0 Å². The molecule has 0 unspecified atom stereocenters. The minimum absolute atomic E-state index is 0.107. The van der Waals surface area contributed by atoms with Gasteiger partial charge in [-0.05, 0) is 17.9 Å². The summed E-state index contributed by atoms with van der Waals surface area (Å²) in [6.07, 6.45) is 1.44. The van der Waals surface area contributed by atoms with Gasteiger partial charge < -0.3 is 5.73 Å². The summed E-state index contributed by atoms with van der Waals surface area (Å²) in [7, 11) is 0. The minimum atomic E-state index is -0.162. The molecule has 0 aliphatic carbocycles. The standard InChI is InChI=1S/C12H12N4O2S/c13-11-7-4-5-19-12(7)15-8(14-11)6-16-9(17)2-1-3-10(16)18/h4-5H,1-3,6H2,(H2,13,14,15). The maximum atomic E-state index is 11.7. The number of carbonyl (C=O) groups excluding carboxylic acids is 2. The van der Waals surface area contributed by atoms with Crippen LogP contribution in [0.2, 0.25) is 0 Å². The lowest BCUT2D eigenvalue weighted by atomic mass is 10.1. The van der Waals surface area contributed by atoms with E-state index in [0.29, 0.717) is 30.9 Å². The third-order valence-corrected chi connectivity index (χ3v) is 3.89. The highest BCUT2D eigenvalue weighted by Crippen LogP contribution is 2.23. The number of aromatic nitrogens is 2. The van der Waals surface area contributed by atoms with Gasteiger partial charge in [0, 0.05) is 12.8 Å². The van der Waals surface area contributed by atoms with Gasteiger partial charge in [0.1, 0.15) is 10.6 Å². The van der Waals surface area contributed by atoms with Gasteiger partial charge in [-0.1, -0.05) is 0 Å². The topological polar surface area (TPSA) is 89.2 Å². The first kappa shape index (κ1) is 12.0.